The highest BCUT2D eigenvalue weighted by atomic mass is 32.2. The minimum absolute atomic E-state index is 0.630. The van der Waals surface area contributed by atoms with Gasteiger partial charge in [0.05, 0.1) is 0 Å². The normalized spacial score (nSPS) is 25.1. The molecule has 1 fully saturated rings. The molecule has 2 nitrogen and oxygen atoms in total. The van der Waals surface area contributed by atoms with Crippen LogP contribution < -0.4 is 5.32 Å². The molecule has 1 aromatic carbocycles. The zero-order chi connectivity index (χ0) is 12.4. The number of fused-ring (bicyclic) bond motifs is 1. The number of piperidine rings is 1. The summed E-state index contributed by atoms with van der Waals surface area (Å²) < 4.78 is 0. The Balaban J connectivity index is 1.80. The van der Waals surface area contributed by atoms with Crippen LogP contribution in [0.1, 0.15) is 30.9 Å². The molecule has 0 spiro atoms. The second kappa shape index (κ2) is 5.64. The molecule has 0 aromatic heterocycles. The van der Waals surface area contributed by atoms with Gasteiger partial charge in [0.15, 0.2) is 0 Å². The summed E-state index contributed by atoms with van der Waals surface area (Å²) in [6, 6.07) is 10.3. The van der Waals surface area contributed by atoms with Gasteiger partial charge in [-0.2, -0.15) is 0 Å². The van der Waals surface area contributed by atoms with Gasteiger partial charge in [-0.15, -0.1) is 11.8 Å². The fraction of sp³-hybridized carbons (Fsp3) is 0.600. The Morgan fingerprint density at radius 3 is 2.78 bits per heavy atom. The molecule has 0 bridgehead atoms. The third kappa shape index (κ3) is 2.44. The van der Waals surface area contributed by atoms with Crippen LogP contribution in [-0.2, 0) is 0 Å². The molecule has 1 atom stereocenters. The maximum atomic E-state index is 3.46. The lowest BCUT2D eigenvalue weighted by Crippen LogP contribution is -2.43. The van der Waals surface area contributed by atoms with Crippen molar-refractivity contribution in [3.05, 3.63) is 29.8 Å². The number of hydrogen-bond donors (Lipinski definition) is 1. The first-order valence-electron chi connectivity index (χ1n) is 7.00. The number of nitrogens with one attached hydrogen (secondary N) is 1. The fourth-order valence-corrected chi connectivity index (χ4v) is 4.32. The van der Waals surface area contributed by atoms with Crippen molar-refractivity contribution in [3.8, 4) is 0 Å². The molecule has 3 rings (SSSR count). The summed E-state index contributed by atoms with van der Waals surface area (Å²) in [5.41, 5.74) is 1.55. The van der Waals surface area contributed by atoms with Crippen LogP contribution >= 0.6 is 11.8 Å². The molecule has 98 valence electrons. The maximum absolute atomic E-state index is 3.46. The van der Waals surface area contributed by atoms with Gasteiger partial charge in [0, 0.05) is 17.0 Å². The van der Waals surface area contributed by atoms with Gasteiger partial charge >= 0.3 is 0 Å². The largest absolute Gasteiger partial charge is 0.317 e. The van der Waals surface area contributed by atoms with Crippen LogP contribution in [0, 0.1) is 0 Å². The van der Waals surface area contributed by atoms with Crippen LogP contribution in [-0.4, -0.2) is 36.8 Å². The van der Waals surface area contributed by atoms with Gasteiger partial charge in [0.2, 0.25) is 0 Å². The van der Waals surface area contributed by atoms with Gasteiger partial charge < -0.3 is 5.32 Å². The van der Waals surface area contributed by atoms with E-state index in [4.69, 9.17) is 0 Å². The smallest absolute Gasteiger partial charge is 0.0367 e. The molecule has 0 saturated carbocycles. The molecule has 1 N–H and O–H groups in total. The number of nitrogens with zero attached hydrogens (tertiary/aromatic N) is 1. The predicted molar refractivity (Wildman–Crippen MR) is 78.2 cm³/mol. The lowest BCUT2D eigenvalue weighted by molar-refractivity contribution is 0.137. The summed E-state index contributed by atoms with van der Waals surface area (Å²) in [6.07, 6.45) is 3.88. The van der Waals surface area contributed by atoms with Gasteiger partial charge in [-0.25, -0.2) is 0 Å². The van der Waals surface area contributed by atoms with Crippen molar-refractivity contribution in [3.63, 3.8) is 0 Å². The summed E-state index contributed by atoms with van der Waals surface area (Å²) in [5.74, 6) is 1.26. The molecule has 0 radical (unpaired) electrons. The Hall–Kier alpha value is -0.510. The first kappa shape index (κ1) is 12.5. The number of benzene rings is 1. The minimum Gasteiger partial charge on any atom is -0.317 e. The Labute approximate surface area is 114 Å². The second-order valence-corrected chi connectivity index (χ2v) is 6.47. The average molecular weight is 262 g/mol. The molecule has 2 heterocycles. The van der Waals surface area contributed by atoms with E-state index in [9.17, 15) is 0 Å². The monoisotopic (exact) mass is 262 g/mol. The molecular formula is C15H22N2S. The van der Waals surface area contributed by atoms with E-state index in [0.29, 0.717) is 6.04 Å². The third-order valence-corrected chi connectivity index (χ3v) is 5.43. The van der Waals surface area contributed by atoms with E-state index in [1.165, 1.54) is 43.0 Å². The number of rotatable bonds is 2. The standard InChI is InChI=1S/C15H22N2S/c1-17(12-6-9-16-10-7-12)14-8-11-18-15-5-3-2-4-13(14)15/h2-5,12,14,16H,6-11H2,1H3/t14-/m0/s1. The highest BCUT2D eigenvalue weighted by Gasteiger charge is 2.28. The van der Waals surface area contributed by atoms with Gasteiger partial charge in [-0.3, -0.25) is 4.90 Å². The van der Waals surface area contributed by atoms with E-state index < -0.39 is 0 Å². The SMILES string of the molecule is CN(C1CCNCC1)[C@H]1CCSc2ccccc21. The van der Waals surface area contributed by atoms with Gasteiger partial charge in [-0.1, -0.05) is 18.2 Å². The van der Waals surface area contributed by atoms with Crippen molar-refractivity contribution in [2.75, 3.05) is 25.9 Å². The molecule has 0 aliphatic carbocycles. The summed E-state index contributed by atoms with van der Waals surface area (Å²) in [7, 11) is 2.33. The van der Waals surface area contributed by atoms with Gasteiger partial charge in [0.1, 0.15) is 0 Å². The molecule has 2 aliphatic rings. The number of thioether (sulfide) groups is 1. The highest BCUT2D eigenvalue weighted by Crippen LogP contribution is 2.39. The van der Waals surface area contributed by atoms with E-state index >= 15 is 0 Å². The van der Waals surface area contributed by atoms with Crippen molar-refractivity contribution in [2.24, 2.45) is 0 Å². The van der Waals surface area contributed by atoms with Gasteiger partial charge in [0.25, 0.3) is 0 Å². The van der Waals surface area contributed by atoms with Crippen LogP contribution in [0.15, 0.2) is 29.2 Å². The molecule has 1 saturated heterocycles. The van der Waals surface area contributed by atoms with E-state index in [1.807, 2.05) is 11.8 Å². The average Bonchev–Trinajstić information content (AvgIpc) is 2.47. The molecule has 3 heteroatoms. The summed E-state index contributed by atoms with van der Waals surface area (Å²) in [4.78, 5) is 4.13. The zero-order valence-electron chi connectivity index (χ0n) is 11.1. The fourth-order valence-electron chi connectivity index (χ4n) is 3.21. The van der Waals surface area contributed by atoms with Crippen molar-refractivity contribution in [1.82, 2.24) is 10.2 Å². The van der Waals surface area contributed by atoms with Crippen LogP contribution in [0.3, 0.4) is 0 Å². The van der Waals surface area contributed by atoms with E-state index in [1.54, 1.807) is 5.56 Å². The lowest BCUT2D eigenvalue weighted by atomic mass is 9.97. The van der Waals surface area contributed by atoms with Crippen molar-refractivity contribution < 1.29 is 0 Å². The van der Waals surface area contributed by atoms with Crippen LogP contribution in [0.2, 0.25) is 0 Å². The molecular weight excluding hydrogens is 240 g/mol. The van der Waals surface area contributed by atoms with Crippen molar-refractivity contribution >= 4 is 11.8 Å². The number of hydrogen-bond acceptors (Lipinski definition) is 3. The molecule has 1 aromatic rings. The first-order chi connectivity index (χ1) is 8.86. The molecule has 0 amide bonds. The van der Waals surface area contributed by atoms with Crippen LogP contribution in [0.5, 0.6) is 0 Å². The molecule has 18 heavy (non-hydrogen) atoms. The molecule has 0 unspecified atom stereocenters. The Morgan fingerprint density at radius 2 is 1.94 bits per heavy atom. The van der Waals surface area contributed by atoms with E-state index in [2.05, 4.69) is 41.5 Å². The van der Waals surface area contributed by atoms with Crippen LogP contribution in [0.4, 0.5) is 0 Å². The maximum Gasteiger partial charge on any atom is 0.0367 e. The predicted octanol–water partition coefficient (Wildman–Crippen LogP) is 2.91. The van der Waals surface area contributed by atoms with Crippen molar-refractivity contribution in [1.29, 1.82) is 0 Å². The Kier molecular flexibility index (Phi) is 3.92. The Morgan fingerprint density at radius 1 is 1.17 bits per heavy atom. The highest BCUT2D eigenvalue weighted by molar-refractivity contribution is 7.99. The van der Waals surface area contributed by atoms with Crippen molar-refractivity contribution in [2.45, 2.75) is 36.2 Å². The van der Waals surface area contributed by atoms with Gasteiger partial charge in [-0.05, 0) is 56.8 Å². The summed E-state index contributed by atoms with van der Waals surface area (Å²) in [6.45, 7) is 2.36. The Bertz CT molecular complexity index is 401. The zero-order valence-corrected chi connectivity index (χ0v) is 11.9. The topological polar surface area (TPSA) is 15.3 Å². The third-order valence-electron chi connectivity index (χ3n) is 4.30. The van der Waals surface area contributed by atoms with E-state index in [0.717, 1.165) is 6.04 Å². The molecule has 2 aliphatic heterocycles. The quantitative estimate of drug-likeness (QED) is 0.882. The first-order valence-corrected chi connectivity index (χ1v) is 7.99. The van der Waals surface area contributed by atoms with Crippen LogP contribution in [0.25, 0.3) is 0 Å². The van der Waals surface area contributed by atoms with E-state index in [-0.39, 0.29) is 0 Å². The lowest BCUT2D eigenvalue weighted by Gasteiger charge is -2.39. The summed E-state index contributed by atoms with van der Waals surface area (Å²) in [5, 5.41) is 3.46. The minimum atomic E-state index is 0.630. The summed E-state index contributed by atoms with van der Waals surface area (Å²) >= 11 is 2.02. The second-order valence-electron chi connectivity index (χ2n) is 5.34.